The van der Waals surface area contributed by atoms with Crippen molar-refractivity contribution in [2.75, 3.05) is 18.1 Å². The summed E-state index contributed by atoms with van der Waals surface area (Å²) < 4.78 is 11.2. The minimum absolute atomic E-state index is 0.314. The smallest absolute Gasteiger partial charge is 0.342 e. The first kappa shape index (κ1) is 16.2. The van der Waals surface area contributed by atoms with Crippen molar-refractivity contribution in [3.05, 3.63) is 47.9 Å². The van der Waals surface area contributed by atoms with E-state index in [1.807, 2.05) is 31.2 Å². The van der Waals surface area contributed by atoms with Crippen LogP contribution >= 0.6 is 11.3 Å². The van der Waals surface area contributed by atoms with E-state index in [2.05, 4.69) is 4.98 Å². The number of thiazole rings is 1. The lowest BCUT2D eigenvalue weighted by atomic mass is 10.3. The molecule has 0 aliphatic heterocycles. The predicted octanol–water partition coefficient (Wildman–Crippen LogP) is 3.41. The number of nitrogens with zero attached hydrogens (tertiary/aromatic N) is 2. The van der Waals surface area contributed by atoms with Crippen LogP contribution in [0.25, 0.3) is 10.2 Å². The van der Waals surface area contributed by atoms with Crippen molar-refractivity contribution in [2.45, 2.75) is 13.8 Å². The Morgan fingerprint density at radius 1 is 1.29 bits per heavy atom. The maximum Gasteiger partial charge on any atom is 0.342 e. The summed E-state index contributed by atoms with van der Waals surface area (Å²) in [7, 11) is 0. The quantitative estimate of drug-likeness (QED) is 0.663. The van der Waals surface area contributed by atoms with E-state index in [0.717, 1.165) is 10.2 Å². The molecule has 0 fully saturated rings. The Morgan fingerprint density at radius 3 is 2.75 bits per heavy atom. The fourth-order valence-corrected chi connectivity index (χ4v) is 3.32. The molecule has 0 atom stereocenters. The Kier molecular flexibility index (Phi) is 4.61. The number of aromatic nitrogens is 1. The van der Waals surface area contributed by atoms with Gasteiger partial charge < -0.3 is 9.15 Å². The number of carbonyl (C=O) groups is 2. The van der Waals surface area contributed by atoms with Crippen LogP contribution < -0.4 is 4.90 Å². The van der Waals surface area contributed by atoms with Gasteiger partial charge in [0.1, 0.15) is 11.3 Å². The highest BCUT2D eigenvalue weighted by Gasteiger charge is 2.21. The van der Waals surface area contributed by atoms with Crippen LogP contribution in [0, 0.1) is 6.92 Å². The van der Waals surface area contributed by atoms with Crippen molar-refractivity contribution in [1.82, 2.24) is 4.98 Å². The molecule has 1 amide bonds. The lowest BCUT2D eigenvalue weighted by Crippen LogP contribution is -2.34. The highest BCUT2D eigenvalue weighted by atomic mass is 32.1. The molecule has 3 aromatic rings. The molecule has 0 unspecified atom stereocenters. The fourth-order valence-electron chi connectivity index (χ4n) is 2.27. The number of likely N-dealkylation sites (N-methyl/N-ethyl adjacent to an activating group) is 1. The van der Waals surface area contributed by atoms with Gasteiger partial charge in [0.2, 0.25) is 0 Å². The van der Waals surface area contributed by atoms with Crippen LogP contribution in [-0.4, -0.2) is 30.0 Å². The second kappa shape index (κ2) is 6.84. The van der Waals surface area contributed by atoms with Gasteiger partial charge >= 0.3 is 5.97 Å². The number of ether oxygens (including phenoxy) is 1. The number of hydrogen-bond donors (Lipinski definition) is 0. The Bertz CT molecular complexity index is 850. The van der Waals surface area contributed by atoms with E-state index in [0.29, 0.717) is 23.0 Å². The monoisotopic (exact) mass is 344 g/mol. The van der Waals surface area contributed by atoms with E-state index in [1.54, 1.807) is 6.92 Å². The normalized spacial score (nSPS) is 10.8. The van der Waals surface area contributed by atoms with E-state index in [1.165, 1.54) is 28.6 Å². The molecule has 24 heavy (non-hydrogen) atoms. The van der Waals surface area contributed by atoms with Crippen molar-refractivity contribution >= 4 is 38.6 Å². The Labute approximate surface area is 142 Å². The van der Waals surface area contributed by atoms with Gasteiger partial charge in [-0.3, -0.25) is 9.69 Å². The van der Waals surface area contributed by atoms with E-state index in [4.69, 9.17) is 9.15 Å². The summed E-state index contributed by atoms with van der Waals surface area (Å²) in [5.74, 6) is -0.424. The van der Waals surface area contributed by atoms with Gasteiger partial charge in [-0.05, 0) is 32.0 Å². The second-order valence-electron chi connectivity index (χ2n) is 5.07. The number of hydrogen-bond acceptors (Lipinski definition) is 6. The number of aryl methyl sites for hydroxylation is 1. The van der Waals surface area contributed by atoms with Crippen LogP contribution in [0.5, 0.6) is 0 Å². The zero-order valence-corrected chi connectivity index (χ0v) is 14.1. The molecule has 0 aliphatic carbocycles. The van der Waals surface area contributed by atoms with Crippen LogP contribution in [-0.2, 0) is 9.53 Å². The first-order valence-corrected chi connectivity index (χ1v) is 8.29. The average Bonchev–Trinajstić information content (AvgIpc) is 3.19. The van der Waals surface area contributed by atoms with Crippen molar-refractivity contribution < 1.29 is 18.7 Å². The van der Waals surface area contributed by atoms with Crippen LogP contribution in [0.4, 0.5) is 5.13 Å². The number of anilines is 1. The standard InChI is InChI=1S/C17H16N2O4S/c1-3-19(17-18-13-6-4-5-7-14(13)24-17)15(20)10-23-16(21)12-8-9-22-11(12)2/h4-9H,3,10H2,1-2H3. The van der Waals surface area contributed by atoms with E-state index in [-0.39, 0.29) is 12.5 Å². The van der Waals surface area contributed by atoms with Gasteiger partial charge in [-0.15, -0.1) is 0 Å². The van der Waals surface area contributed by atoms with Gasteiger partial charge in [-0.2, -0.15) is 0 Å². The number of furan rings is 1. The summed E-state index contributed by atoms with van der Waals surface area (Å²) in [6.45, 7) is 3.62. The number of fused-ring (bicyclic) bond motifs is 1. The second-order valence-corrected chi connectivity index (χ2v) is 6.08. The minimum atomic E-state index is -0.574. The fraction of sp³-hybridized carbons (Fsp3) is 0.235. The maximum atomic E-state index is 12.4. The molecule has 7 heteroatoms. The summed E-state index contributed by atoms with van der Waals surface area (Å²) in [5.41, 5.74) is 1.17. The molecule has 2 heterocycles. The molecule has 0 radical (unpaired) electrons. The van der Waals surface area contributed by atoms with Crippen LogP contribution in [0.2, 0.25) is 0 Å². The molecule has 0 N–H and O–H groups in total. The lowest BCUT2D eigenvalue weighted by molar-refractivity contribution is -0.121. The number of rotatable bonds is 5. The third kappa shape index (κ3) is 3.16. The topological polar surface area (TPSA) is 72.6 Å². The molecule has 0 spiro atoms. The molecular weight excluding hydrogens is 328 g/mol. The van der Waals surface area contributed by atoms with Crippen LogP contribution in [0.1, 0.15) is 23.0 Å². The Balaban J connectivity index is 1.70. The molecule has 0 aliphatic rings. The van der Waals surface area contributed by atoms with Gasteiger partial charge in [0.25, 0.3) is 5.91 Å². The third-order valence-electron chi connectivity index (χ3n) is 3.54. The number of esters is 1. The Hall–Kier alpha value is -2.67. The summed E-state index contributed by atoms with van der Waals surface area (Å²) in [5, 5.41) is 0.597. The molecule has 0 bridgehead atoms. The number of carbonyl (C=O) groups excluding carboxylic acids is 2. The predicted molar refractivity (Wildman–Crippen MR) is 91.4 cm³/mol. The highest BCUT2D eigenvalue weighted by molar-refractivity contribution is 7.22. The van der Waals surface area contributed by atoms with Crippen LogP contribution in [0.15, 0.2) is 41.0 Å². The molecule has 1 aromatic carbocycles. The lowest BCUT2D eigenvalue weighted by Gasteiger charge is -2.17. The molecular formula is C17H16N2O4S. The zero-order chi connectivity index (χ0) is 17.1. The minimum Gasteiger partial charge on any atom is -0.469 e. The number of para-hydroxylation sites is 1. The first-order valence-electron chi connectivity index (χ1n) is 7.47. The maximum absolute atomic E-state index is 12.4. The summed E-state index contributed by atoms with van der Waals surface area (Å²) in [4.78, 5) is 30.3. The summed E-state index contributed by atoms with van der Waals surface area (Å²) in [6, 6.07) is 9.20. The third-order valence-corrected chi connectivity index (χ3v) is 4.60. The average molecular weight is 344 g/mol. The van der Waals surface area contributed by atoms with E-state index < -0.39 is 5.97 Å². The SMILES string of the molecule is CCN(C(=O)COC(=O)c1ccoc1C)c1nc2ccccc2s1. The number of benzene rings is 1. The number of amides is 1. The molecule has 2 aromatic heterocycles. The van der Waals surface area contributed by atoms with Crippen molar-refractivity contribution in [1.29, 1.82) is 0 Å². The summed E-state index contributed by atoms with van der Waals surface area (Å²) >= 11 is 1.43. The van der Waals surface area contributed by atoms with Gasteiger partial charge in [0, 0.05) is 6.54 Å². The van der Waals surface area contributed by atoms with Gasteiger partial charge in [0.15, 0.2) is 11.7 Å². The first-order chi connectivity index (χ1) is 11.6. The van der Waals surface area contributed by atoms with Gasteiger partial charge in [-0.25, -0.2) is 9.78 Å². The van der Waals surface area contributed by atoms with E-state index >= 15 is 0 Å². The van der Waals surface area contributed by atoms with E-state index in [9.17, 15) is 9.59 Å². The van der Waals surface area contributed by atoms with Crippen molar-refractivity contribution in [3.63, 3.8) is 0 Å². The Morgan fingerprint density at radius 2 is 2.08 bits per heavy atom. The molecule has 0 saturated carbocycles. The highest BCUT2D eigenvalue weighted by Crippen LogP contribution is 2.28. The zero-order valence-electron chi connectivity index (χ0n) is 13.3. The molecule has 0 saturated heterocycles. The molecule has 3 rings (SSSR count). The van der Waals surface area contributed by atoms with Crippen LogP contribution in [0.3, 0.4) is 0 Å². The largest absolute Gasteiger partial charge is 0.469 e. The molecule has 124 valence electrons. The molecule has 6 nitrogen and oxygen atoms in total. The van der Waals surface area contributed by atoms with Crippen molar-refractivity contribution in [3.8, 4) is 0 Å². The van der Waals surface area contributed by atoms with Gasteiger partial charge in [0.05, 0.1) is 16.5 Å². The summed E-state index contributed by atoms with van der Waals surface area (Å²) in [6.07, 6.45) is 1.41. The van der Waals surface area contributed by atoms with Gasteiger partial charge in [-0.1, -0.05) is 23.5 Å². The van der Waals surface area contributed by atoms with Crippen molar-refractivity contribution in [2.24, 2.45) is 0 Å².